The van der Waals surface area contributed by atoms with Crippen LogP contribution in [0.25, 0.3) is 0 Å². The van der Waals surface area contributed by atoms with E-state index in [9.17, 15) is 4.79 Å². The van der Waals surface area contributed by atoms with Gasteiger partial charge in [0.25, 0.3) is 0 Å². The standard InChI is InChI=1S/C22H29N3O/c1-17-7-8-20(16-18(17)2)22(19-9-11-23-12-10-19)24-21(26)6-5-15-25-13-3-4-14-25/h7-12,16,22H,3-6,13-15H2,1-2H3,(H,24,26)/t22-/m1/s1. The molecule has 0 spiro atoms. The van der Waals surface area contributed by atoms with Crippen molar-refractivity contribution in [3.8, 4) is 0 Å². The average Bonchev–Trinajstić information content (AvgIpc) is 3.16. The van der Waals surface area contributed by atoms with Crippen molar-refractivity contribution in [2.75, 3.05) is 19.6 Å². The number of carbonyl (C=O) groups is 1. The fourth-order valence-electron chi connectivity index (χ4n) is 3.56. The number of hydrogen-bond donors (Lipinski definition) is 1. The summed E-state index contributed by atoms with van der Waals surface area (Å²) in [5.41, 5.74) is 4.69. The second-order valence-corrected chi connectivity index (χ2v) is 7.28. The van der Waals surface area contributed by atoms with E-state index in [0.29, 0.717) is 6.42 Å². The van der Waals surface area contributed by atoms with Gasteiger partial charge in [-0.25, -0.2) is 0 Å². The van der Waals surface area contributed by atoms with Gasteiger partial charge in [-0.2, -0.15) is 0 Å². The fourth-order valence-corrected chi connectivity index (χ4v) is 3.56. The Kier molecular flexibility index (Phi) is 6.40. The molecule has 26 heavy (non-hydrogen) atoms. The third kappa shape index (κ3) is 4.92. The molecule has 3 rings (SSSR count). The Morgan fingerprint density at radius 2 is 1.81 bits per heavy atom. The quantitative estimate of drug-likeness (QED) is 0.826. The van der Waals surface area contributed by atoms with Gasteiger partial charge in [-0.3, -0.25) is 9.78 Å². The monoisotopic (exact) mass is 351 g/mol. The fraction of sp³-hybridized carbons (Fsp3) is 0.455. The Morgan fingerprint density at radius 1 is 1.08 bits per heavy atom. The van der Waals surface area contributed by atoms with Gasteiger partial charge in [-0.05, 0) is 87.1 Å². The van der Waals surface area contributed by atoms with E-state index in [1.165, 1.54) is 37.1 Å². The van der Waals surface area contributed by atoms with Crippen molar-refractivity contribution in [1.29, 1.82) is 0 Å². The molecule has 0 aliphatic carbocycles. The molecular weight excluding hydrogens is 322 g/mol. The molecule has 1 amide bonds. The van der Waals surface area contributed by atoms with Gasteiger partial charge in [0.2, 0.25) is 5.91 Å². The number of aromatic nitrogens is 1. The molecular formula is C22H29N3O. The number of likely N-dealkylation sites (tertiary alicyclic amines) is 1. The van der Waals surface area contributed by atoms with E-state index in [1.54, 1.807) is 12.4 Å². The number of nitrogens with zero attached hydrogens (tertiary/aromatic N) is 2. The Bertz CT molecular complexity index is 723. The van der Waals surface area contributed by atoms with E-state index in [0.717, 1.165) is 24.1 Å². The molecule has 1 N–H and O–H groups in total. The van der Waals surface area contributed by atoms with Gasteiger partial charge in [0.05, 0.1) is 6.04 Å². The van der Waals surface area contributed by atoms with Gasteiger partial charge in [-0.1, -0.05) is 18.2 Å². The van der Waals surface area contributed by atoms with E-state index < -0.39 is 0 Å². The summed E-state index contributed by atoms with van der Waals surface area (Å²) in [6, 6.07) is 10.2. The number of amides is 1. The molecule has 4 nitrogen and oxygen atoms in total. The molecule has 1 fully saturated rings. The van der Waals surface area contributed by atoms with Crippen molar-refractivity contribution >= 4 is 5.91 Å². The largest absolute Gasteiger partial charge is 0.345 e. The van der Waals surface area contributed by atoms with E-state index in [4.69, 9.17) is 0 Å². The maximum absolute atomic E-state index is 12.6. The Hall–Kier alpha value is -2.20. The summed E-state index contributed by atoms with van der Waals surface area (Å²) in [4.78, 5) is 19.1. The molecule has 1 atom stereocenters. The van der Waals surface area contributed by atoms with E-state index in [2.05, 4.69) is 47.2 Å². The molecule has 1 saturated heterocycles. The topological polar surface area (TPSA) is 45.2 Å². The van der Waals surface area contributed by atoms with Crippen molar-refractivity contribution in [3.05, 3.63) is 65.0 Å². The van der Waals surface area contributed by atoms with Crippen molar-refractivity contribution in [1.82, 2.24) is 15.2 Å². The zero-order chi connectivity index (χ0) is 18.4. The smallest absolute Gasteiger partial charge is 0.220 e. The lowest BCUT2D eigenvalue weighted by molar-refractivity contribution is -0.121. The third-order valence-corrected chi connectivity index (χ3v) is 5.29. The van der Waals surface area contributed by atoms with Crippen LogP contribution in [0.1, 0.15) is 54.0 Å². The summed E-state index contributed by atoms with van der Waals surface area (Å²) in [7, 11) is 0. The lowest BCUT2D eigenvalue weighted by Gasteiger charge is -2.21. The van der Waals surface area contributed by atoms with Crippen LogP contribution in [0.5, 0.6) is 0 Å². The van der Waals surface area contributed by atoms with Crippen molar-refractivity contribution in [3.63, 3.8) is 0 Å². The molecule has 2 heterocycles. The zero-order valence-corrected chi connectivity index (χ0v) is 15.9. The number of hydrogen-bond acceptors (Lipinski definition) is 3. The van der Waals surface area contributed by atoms with Gasteiger partial charge in [-0.15, -0.1) is 0 Å². The summed E-state index contributed by atoms with van der Waals surface area (Å²) < 4.78 is 0. The normalized spacial score (nSPS) is 15.8. The molecule has 0 saturated carbocycles. The molecule has 1 aliphatic heterocycles. The second kappa shape index (κ2) is 8.95. The minimum absolute atomic E-state index is 0.115. The van der Waals surface area contributed by atoms with Gasteiger partial charge >= 0.3 is 0 Å². The molecule has 0 radical (unpaired) electrons. The first kappa shape index (κ1) is 18.6. The Morgan fingerprint density at radius 3 is 2.50 bits per heavy atom. The van der Waals surface area contributed by atoms with Crippen LogP contribution in [0.15, 0.2) is 42.7 Å². The number of rotatable bonds is 7. The highest BCUT2D eigenvalue weighted by molar-refractivity contribution is 5.77. The van der Waals surface area contributed by atoms with Crippen LogP contribution in [0.3, 0.4) is 0 Å². The van der Waals surface area contributed by atoms with Crippen LogP contribution in [-0.4, -0.2) is 35.4 Å². The Balaban J connectivity index is 1.67. The highest BCUT2D eigenvalue weighted by atomic mass is 16.1. The molecule has 138 valence electrons. The lowest BCUT2D eigenvalue weighted by atomic mass is 9.96. The van der Waals surface area contributed by atoms with Crippen LogP contribution in [0, 0.1) is 13.8 Å². The second-order valence-electron chi connectivity index (χ2n) is 7.28. The predicted octanol–water partition coefficient (Wildman–Crippen LogP) is 3.78. The van der Waals surface area contributed by atoms with Gasteiger partial charge in [0.15, 0.2) is 0 Å². The van der Waals surface area contributed by atoms with Gasteiger partial charge in [0.1, 0.15) is 0 Å². The summed E-state index contributed by atoms with van der Waals surface area (Å²) in [5, 5.41) is 3.24. The van der Waals surface area contributed by atoms with Crippen LogP contribution in [-0.2, 0) is 4.79 Å². The molecule has 2 aromatic rings. The maximum atomic E-state index is 12.6. The first-order chi connectivity index (χ1) is 12.6. The summed E-state index contributed by atoms with van der Waals surface area (Å²) in [5.74, 6) is 0.115. The number of pyridine rings is 1. The molecule has 0 unspecified atom stereocenters. The van der Waals surface area contributed by atoms with Crippen LogP contribution >= 0.6 is 0 Å². The van der Waals surface area contributed by atoms with Crippen LogP contribution in [0.4, 0.5) is 0 Å². The lowest BCUT2D eigenvalue weighted by Crippen LogP contribution is -2.30. The third-order valence-electron chi connectivity index (χ3n) is 5.29. The zero-order valence-electron chi connectivity index (χ0n) is 15.9. The van der Waals surface area contributed by atoms with E-state index >= 15 is 0 Å². The van der Waals surface area contributed by atoms with Crippen molar-refractivity contribution in [2.24, 2.45) is 0 Å². The summed E-state index contributed by atoms with van der Waals surface area (Å²) in [6.07, 6.45) is 7.64. The number of carbonyl (C=O) groups excluding carboxylic acids is 1. The van der Waals surface area contributed by atoms with Gasteiger partial charge in [0, 0.05) is 18.8 Å². The highest BCUT2D eigenvalue weighted by Gasteiger charge is 2.18. The molecule has 1 aromatic heterocycles. The summed E-state index contributed by atoms with van der Waals surface area (Å²) in [6.45, 7) is 7.61. The van der Waals surface area contributed by atoms with E-state index in [-0.39, 0.29) is 11.9 Å². The maximum Gasteiger partial charge on any atom is 0.220 e. The first-order valence-corrected chi connectivity index (χ1v) is 9.62. The van der Waals surface area contributed by atoms with Crippen molar-refractivity contribution < 1.29 is 4.79 Å². The first-order valence-electron chi connectivity index (χ1n) is 9.62. The average molecular weight is 351 g/mol. The number of benzene rings is 1. The molecule has 1 aliphatic rings. The molecule has 4 heteroatoms. The summed E-state index contributed by atoms with van der Waals surface area (Å²) >= 11 is 0. The predicted molar refractivity (Wildman–Crippen MR) is 105 cm³/mol. The molecule has 0 bridgehead atoms. The van der Waals surface area contributed by atoms with Crippen LogP contribution in [0.2, 0.25) is 0 Å². The minimum Gasteiger partial charge on any atom is -0.345 e. The SMILES string of the molecule is Cc1ccc([C@H](NC(=O)CCCN2CCCC2)c2ccncc2)cc1C. The number of aryl methyl sites for hydroxylation is 2. The number of nitrogens with one attached hydrogen (secondary N) is 1. The Labute approximate surface area is 156 Å². The van der Waals surface area contributed by atoms with Gasteiger partial charge < -0.3 is 10.2 Å². The van der Waals surface area contributed by atoms with E-state index in [1.807, 2.05) is 12.1 Å². The van der Waals surface area contributed by atoms with Crippen molar-refractivity contribution in [2.45, 2.75) is 45.6 Å². The molecule has 1 aromatic carbocycles. The highest BCUT2D eigenvalue weighted by Crippen LogP contribution is 2.24. The minimum atomic E-state index is -0.128. The van der Waals surface area contributed by atoms with Crippen LogP contribution < -0.4 is 5.32 Å².